The van der Waals surface area contributed by atoms with Crippen LogP contribution in [0.15, 0.2) is 60.8 Å². The predicted octanol–water partition coefficient (Wildman–Crippen LogP) is 19.8. The van der Waals surface area contributed by atoms with Crippen LogP contribution in [0.2, 0.25) is 0 Å². The first-order valence-electron chi connectivity index (χ1n) is 34.4. The first-order valence-corrected chi connectivity index (χ1v) is 34.4. The van der Waals surface area contributed by atoms with Gasteiger partial charge in [-0.1, -0.05) is 312 Å². The first kappa shape index (κ1) is 78.0. The number of aliphatic carboxylic acids is 1. The highest BCUT2D eigenvalue weighted by atomic mass is 16.7. The van der Waals surface area contributed by atoms with Gasteiger partial charge < -0.3 is 33.3 Å². The van der Waals surface area contributed by atoms with E-state index < -0.39 is 24.3 Å². The molecule has 0 aromatic rings. The molecule has 0 spiro atoms. The van der Waals surface area contributed by atoms with Crippen LogP contribution in [-0.4, -0.2) is 82.3 Å². The van der Waals surface area contributed by atoms with E-state index in [2.05, 4.69) is 74.6 Å². The summed E-state index contributed by atoms with van der Waals surface area (Å²) < 4.78 is 22.8. The highest BCUT2D eigenvalue weighted by Gasteiger charge is 2.22. The van der Waals surface area contributed by atoms with Crippen LogP contribution in [0, 0.1) is 0 Å². The number of carbonyl (C=O) groups is 3. The summed E-state index contributed by atoms with van der Waals surface area (Å²) in [5.74, 6) is -2.26. The third kappa shape index (κ3) is 64.4. The second kappa shape index (κ2) is 63.0. The molecule has 0 saturated heterocycles. The van der Waals surface area contributed by atoms with Gasteiger partial charge in [-0.3, -0.25) is 9.59 Å². The van der Waals surface area contributed by atoms with Crippen LogP contribution in [0.5, 0.6) is 0 Å². The molecule has 0 saturated carbocycles. The van der Waals surface area contributed by atoms with Crippen LogP contribution in [0.4, 0.5) is 0 Å². The van der Waals surface area contributed by atoms with Gasteiger partial charge in [0.2, 0.25) is 0 Å². The molecular weight excluding hydrogens is 1010 g/mol. The standard InChI is InChI=1S/C72H131NO8/c1-6-8-10-12-14-16-18-20-22-24-26-27-28-29-30-31-32-33-34-35-36-37-38-39-40-41-42-43-45-47-49-51-53-55-57-59-61-63-70(75)81-68(67-80-72(71(76)77)78-65-64-73(3,4)5)66-79-69(74)62-60-58-56-54-52-50-48-46-44-25-23-21-19-17-15-13-11-9-7-2/h8,10,14,16,20,22,26-27,29-30,68,72H,6-7,9,11-13,15,17-19,21,23-25,28,31-67H2,1-5H3/b10-8-,16-14-,22-20-,27-26-,30-29-. The van der Waals surface area contributed by atoms with Gasteiger partial charge in [0.25, 0.3) is 0 Å². The van der Waals surface area contributed by atoms with E-state index in [0.29, 0.717) is 17.4 Å². The zero-order chi connectivity index (χ0) is 59.1. The summed E-state index contributed by atoms with van der Waals surface area (Å²) >= 11 is 0. The molecule has 0 aliphatic heterocycles. The molecule has 0 rings (SSSR count). The number of esters is 2. The lowest BCUT2D eigenvalue weighted by molar-refractivity contribution is -0.870. The molecule has 0 radical (unpaired) electrons. The number of likely N-dealkylation sites (N-methyl/N-ethyl adjacent to an activating group) is 1. The maximum Gasteiger partial charge on any atom is 0.306 e. The minimum Gasteiger partial charge on any atom is -0.545 e. The van der Waals surface area contributed by atoms with Crippen molar-refractivity contribution in [1.29, 1.82) is 0 Å². The van der Waals surface area contributed by atoms with E-state index in [1.807, 2.05) is 21.1 Å². The van der Waals surface area contributed by atoms with E-state index in [9.17, 15) is 19.5 Å². The lowest BCUT2D eigenvalue weighted by atomic mass is 10.0. The summed E-state index contributed by atoms with van der Waals surface area (Å²) in [5, 5.41) is 11.8. The largest absolute Gasteiger partial charge is 0.545 e. The number of unbranched alkanes of at least 4 members (excludes halogenated alkanes) is 39. The van der Waals surface area contributed by atoms with Crippen molar-refractivity contribution in [3.05, 3.63) is 60.8 Å². The number of carboxylic acids is 1. The Bertz CT molecular complexity index is 1510. The predicted molar refractivity (Wildman–Crippen MR) is 343 cm³/mol. The normalized spacial score (nSPS) is 13.0. The first-order chi connectivity index (χ1) is 39.6. The van der Waals surface area contributed by atoms with E-state index in [0.717, 1.165) is 70.6 Å². The fourth-order valence-corrected chi connectivity index (χ4v) is 10.0. The molecule has 0 aromatic carbocycles. The van der Waals surface area contributed by atoms with Gasteiger partial charge in [0.1, 0.15) is 13.2 Å². The number of hydrogen-bond acceptors (Lipinski definition) is 8. The Hall–Kier alpha value is -3.01. The van der Waals surface area contributed by atoms with E-state index in [-0.39, 0.29) is 32.2 Å². The fourth-order valence-electron chi connectivity index (χ4n) is 10.0. The zero-order valence-corrected chi connectivity index (χ0v) is 53.9. The van der Waals surface area contributed by atoms with E-state index >= 15 is 0 Å². The Kier molecular flexibility index (Phi) is 60.7. The van der Waals surface area contributed by atoms with E-state index in [4.69, 9.17) is 18.9 Å². The number of nitrogens with zero attached hydrogens (tertiary/aromatic N) is 1. The molecule has 472 valence electrons. The molecule has 9 heteroatoms. The highest BCUT2D eigenvalue weighted by molar-refractivity contribution is 5.70. The molecular formula is C72H131NO8. The number of quaternary nitrogens is 1. The Balaban J connectivity index is 4.02. The molecule has 0 fully saturated rings. The minimum atomic E-state index is -1.62. The SMILES string of the molecule is CC/C=C\C/C=C\C/C=C\C/C=C\C/C=C\CCCCCCCCCCCCCCCCCCCCCCCC(=O)OC(COC(=O)CCCCCCCCCCCCCCCCCCCCC)COC(OCC[N+](C)(C)C)C(=O)[O-]. The maximum absolute atomic E-state index is 12.9. The summed E-state index contributed by atoms with van der Waals surface area (Å²) in [6.07, 6.45) is 78.8. The molecule has 0 bridgehead atoms. The summed E-state index contributed by atoms with van der Waals surface area (Å²) in [6, 6.07) is 0. The summed E-state index contributed by atoms with van der Waals surface area (Å²) in [7, 11) is 5.94. The number of carbonyl (C=O) groups excluding carboxylic acids is 3. The average Bonchev–Trinajstić information content (AvgIpc) is 3.44. The van der Waals surface area contributed by atoms with Crippen LogP contribution in [0.3, 0.4) is 0 Å². The van der Waals surface area contributed by atoms with Crippen LogP contribution in [-0.2, 0) is 33.3 Å². The minimum absolute atomic E-state index is 0.150. The van der Waals surface area contributed by atoms with Crippen LogP contribution >= 0.6 is 0 Å². The van der Waals surface area contributed by atoms with Gasteiger partial charge in [-0.25, -0.2) is 0 Å². The van der Waals surface area contributed by atoms with Crippen molar-refractivity contribution in [3.8, 4) is 0 Å². The molecule has 2 unspecified atom stereocenters. The number of ether oxygens (including phenoxy) is 4. The van der Waals surface area contributed by atoms with E-state index in [1.54, 1.807) is 0 Å². The van der Waals surface area contributed by atoms with Crippen molar-refractivity contribution in [3.63, 3.8) is 0 Å². The summed E-state index contributed by atoms with van der Waals surface area (Å²) in [5.41, 5.74) is 0. The number of allylic oxidation sites excluding steroid dienone is 10. The Labute approximate surface area is 501 Å². The van der Waals surface area contributed by atoms with Gasteiger partial charge in [0.05, 0.1) is 40.3 Å². The van der Waals surface area contributed by atoms with Gasteiger partial charge in [0.15, 0.2) is 12.4 Å². The van der Waals surface area contributed by atoms with Crippen molar-refractivity contribution in [2.45, 2.75) is 334 Å². The quantitative estimate of drug-likeness (QED) is 0.0195. The van der Waals surface area contributed by atoms with E-state index in [1.165, 1.54) is 225 Å². The number of rotatable bonds is 64. The molecule has 9 nitrogen and oxygen atoms in total. The third-order valence-electron chi connectivity index (χ3n) is 15.3. The van der Waals surface area contributed by atoms with Crippen LogP contribution < -0.4 is 5.11 Å². The van der Waals surface area contributed by atoms with Gasteiger partial charge in [-0.2, -0.15) is 0 Å². The van der Waals surface area contributed by atoms with Gasteiger partial charge >= 0.3 is 11.9 Å². The van der Waals surface area contributed by atoms with Gasteiger partial charge in [0, 0.05) is 12.8 Å². The second-order valence-corrected chi connectivity index (χ2v) is 24.4. The Morgan fingerprint density at radius 2 is 0.704 bits per heavy atom. The maximum atomic E-state index is 12.9. The van der Waals surface area contributed by atoms with Crippen molar-refractivity contribution in [2.75, 3.05) is 47.5 Å². The Morgan fingerprint density at radius 1 is 0.383 bits per heavy atom. The topological polar surface area (TPSA) is 111 Å². The molecule has 0 aliphatic carbocycles. The lowest BCUT2D eigenvalue weighted by Crippen LogP contribution is -2.44. The monoisotopic (exact) mass is 1140 g/mol. The van der Waals surface area contributed by atoms with Gasteiger partial charge in [-0.05, 0) is 57.8 Å². The lowest BCUT2D eigenvalue weighted by Gasteiger charge is -2.26. The molecule has 81 heavy (non-hydrogen) atoms. The second-order valence-electron chi connectivity index (χ2n) is 24.4. The van der Waals surface area contributed by atoms with Gasteiger partial charge in [-0.15, -0.1) is 0 Å². The zero-order valence-electron chi connectivity index (χ0n) is 53.9. The fraction of sp³-hybridized carbons (Fsp3) is 0.819. The molecule has 0 aliphatic rings. The molecule has 0 N–H and O–H groups in total. The molecule has 2 atom stereocenters. The highest BCUT2D eigenvalue weighted by Crippen LogP contribution is 2.18. The molecule has 0 amide bonds. The summed E-state index contributed by atoms with van der Waals surface area (Å²) in [6.45, 7) is 4.69. The van der Waals surface area contributed by atoms with Crippen molar-refractivity contribution in [1.82, 2.24) is 0 Å². The van der Waals surface area contributed by atoms with Crippen molar-refractivity contribution < 1.29 is 42.9 Å². The van der Waals surface area contributed by atoms with Crippen molar-refractivity contribution in [2.24, 2.45) is 0 Å². The Morgan fingerprint density at radius 3 is 1.05 bits per heavy atom. The molecule has 0 heterocycles. The van der Waals surface area contributed by atoms with Crippen LogP contribution in [0.25, 0.3) is 0 Å². The molecule has 0 aromatic heterocycles. The smallest absolute Gasteiger partial charge is 0.306 e. The number of hydrogen-bond donors (Lipinski definition) is 0. The summed E-state index contributed by atoms with van der Waals surface area (Å²) in [4.78, 5) is 37.4. The third-order valence-corrected chi connectivity index (χ3v) is 15.3. The van der Waals surface area contributed by atoms with Crippen LogP contribution in [0.1, 0.15) is 322 Å². The van der Waals surface area contributed by atoms with Crippen molar-refractivity contribution >= 4 is 17.9 Å². The average molecular weight is 1140 g/mol. The number of carboxylic acid groups (broad SMARTS) is 1.